The molecule has 0 amide bonds. The SMILES string of the molecule is [C-]#[N+]c1cccc(Cc2cc(NC3CC3)n3ncc(C=O)c3n2)c1.[C-]#[N+]c1cccc(Cc2cc(NC3CC3)n3nccc3n2)c1. The summed E-state index contributed by atoms with van der Waals surface area (Å²) >= 11 is 0. The molecule has 0 atom stereocenters. The lowest BCUT2D eigenvalue weighted by molar-refractivity contribution is 0.112. The molecule has 11 heteroatoms. The first-order chi connectivity index (χ1) is 22.6. The van der Waals surface area contributed by atoms with Gasteiger partial charge in [-0.05, 0) is 25.7 Å². The van der Waals surface area contributed by atoms with Gasteiger partial charge < -0.3 is 10.6 Å². The Hall–Kier alpha value is -6.07. The molecule has 4 aromatic heterocycles. The maximum atomic E-state index is 11.2. The van der Waals surface area contributed by atoms with Crippen molar-refractivity contribution in [1.82, 2.24) is 29.2 Å². The van der Waals surface area contributed by atoms with E-state index in [1.807, 2.05) is 59.1 Å². The van der Waals surface area contributed by atoms with Gasteiger partial charge in [0.15, 0.2) is 29.0 Å². The lowest BCUT2D eigenvalue weighted by Gasteiger charge is -2.10. The predicted molar refractivity (Wildman–Crippen MR) is 176 cm³/mol. The predicted octanol–water partition coefficient (Wildman–Crippen LogP) is 6.70. The first kappa shape index (κ1) is 28.7. The zero-order chi connectivity index (χ0) is 31.5. The van der Waals surface area contributed by atoms with E-state index in [-0.39, 0.29) is 0 Å². The van der Waals surface area contributed by atoms with Crippen LogP contribution in [-0.2, 0) is 12.8 Å². The Balaban J connectivity index is 0.000000147. The molecule has 0 unspecified atom stereocenters. The van der Waals surface area contributed by atoms with Gasteiger partial charge in [0.1, 0.15) is 11.6 Å². The summed E-state index contributed by atoms with van der Waals surface area (Å²) in [6.45, 7) is 14.2. The molecule has 4 heterocycles. The number of nitrogens with one attached hydrogen (secondary N) is 2. The lowest BCUT2D eigenvalue weighted by Crippen LogP contribution is -2.09. The number of benzene rings is 2. The van der Waals surface area contributed by atoms with Gasteiger partial charge in [0.25, 0.3) is 0 Å². The standard InChI is InChI=1S/C18H15N5O.C17H15N5/c1-19-15-4-2-3-12(7-15)8-16-9-17(21-14-5-6-14)23-18(22-16)13(11-24)10-20-23;1-18-14-4-2-3-12(9-14)10-15-11-17(20-13-5-6-13)22-16(21-15)7-8-19-22/h2-4,7,9-11,14,21H,5-6,8H2;2-4,7-9,11,13,20H,5-6,10H2. The maximum absolute atomic E-state index is 11.2. The molecule has 226 valence electrons. The highest BCUT2D eigenvalue weighted by Crippen LogP contribution is 2.28. The number of rotatable bonds is 9. The summed E-state index contributed by atoms with van der Waals surface area (Å²) < 4.78 is 3.53. The molecule has 2 fully saturated rings. The highest BCUT2D eigenvalue weighted by atomic mass is 16.1. The molecule has 0 bridgehead atoms. The Labute approximate surface area is 265 Å². The van der Waals surface area contributed by atoms with E-state index in [2.05, 4.69) is 46.6 Å². The topological polar surface area (TPSA) is 110 Å². The van der Waals surface area contributed by atoms with Crippen LogP contribution in [0.3, 0.4) is 0 Å². The quantitative estimate of drug-likeness (QED) is 0.139. The molecule has 2 aliphatic carbocycles. The van der Waals surface area contributed by atoms with E-state index in [1.54, 1.807) is 16.8 Å². The fraction of sp³-hybridized carbons (Fsp3) is 0.229. The minimum Gasteiger partial charge on any atom is -0.367 e. The van der Waals surface area contributed by atoms with E-state index < -0.39 is 0 Å². The van der Waals surface area contributed by atoms with E-state index >= 15 is 0 Å². The molecule has 6 aromatic rings. The van der Waals surface area contributed by atoms with Gasteiger partial charge in [-0.3, -0.25) is 4.79 Å². The minimum atomic E-state index is 0.470. The molecule has 0 saturated heterocycles. The second kappa shape index (κ2) is 12.5. The van der Waals surface area contributed by atoms with Gasteiger partial charge >= 0.3 is 0 Å². The van der Waals surface area contributed by atoms with Crippen molar-refractivity contribution in [3.63, 3.8) is 0 Å². The van der Waals surface area contributed by atoms with Crippen LogP contribution < -0.4 is 10.6 Å². The van der Waals surface area contributed by atoms with Crippen LogP contribution in [0.2, 0.25) is 0 Å². The van der Waals surface area contributed by atoms with E-state index in [1.165, 1.54) is 19.0 Å². The highest BCUT2D eigenvalue weighted by Gasteiger charge is 2.24. The Bertz CT molecular complexity index is 2140. The molecule has 2 aliphatic rings. The number of hydrogen-bond acceptors (Lipinski definition) is 7. The molecular formula is C35H30N10O. The minimum absolute atomic E-state index is 0.470. The lowest BCUT2D eigenvalue weighted by atomic mass is 10.1. The third-order valence-electron chi connectivity index (χ3n) is 7.80. The van der Waals surface area contributed by atoms with Crippen LogP contribution in [0.25, 0.3) is 21.0 Å². The number of nitrogens with zero attached hydrogens (tertiary/aromatic N) is 8. The molecule has 0 spiro atoms. The van der Waals surface area contributed by atoms with Gasteiger partial charge in [-0.15, -0.1) is 0 Å². The largest absolute Gasteiger partial charge is 0.367 e. The van der Waals surface area contributed by atoms with Crippen LogP contribution >= 0.6 is 0 Å². The molecule has 46 heavy (non-hydrogen) atoms. The van der Waals surface area contributed by atoms with E-state index in [0.29, 0.717) is 47.5 Å². The van der Waals surface area contributed by atoms with Crippen LogP contribution in [0.15, 0.2) is 79.1 Å². The van der Waals surface area contributed by atoms with E-state index in [4.69, 9.17) is 13.1 Å². The van der Waals surface area contributed by atoms with Gasteiger partial charge in [-0.2, -0.15) is 19.2 Å². The number of aldehydes is 1. The number of aromatic nitrogens is 6. The van der Waals surface area contributed by atoms with Crippen molar-refractivity contribution in [2.75, 3.05) is 10.6 Å². The number of hydrogen-bond donors (Lipinski definition) is 2. The Morgan fingerprint density at radius 1 is 0.761 bits per heavy atom. The zero-order valence-electron chi connectivity index (χ0n) is 25.0. The van der Waals surface area contributed by atoms with E-state index in [9.17, 15) is 4.79 Å². The summed E-state index contributed by atoms with van der Waals surface area (Å²) in [5, 5.41) is 15.5. The molecular weight excluding hydrogens is 576 g/mol. The number of anilines is 2. The number of fused-ring (bicyclic) bond motifs is 2. The van der Waals surface area contributed by atoms with Crippen LogP contribution in [0.4, 0.5) is 23.0 Å². The van der Waals surface area contributed by atoms with Crippen molar-refractivity contribution in [2.45, 2.75) is 50.6 Å². The van der Waals surface area contributed by atoms with Gasteiger partial charge in [-0.25, -0.2) is 19.7 Å². The fourth-order valence-electron chi connectivity index (χ4n) is 5.23. The van der Waals surface area contributed by atoms with Crippen LogP contribution in [0, 0.1) is 13.1 Å². The second-order valence-corrected chi connectivity index (χ2v) is 11.6. The molecule has 0 radical (unpaired) electrons. The summed E-state index contributed by atoms with van der Waals surface area (Å²) in [7, 11) is 0. The first-order valence-electron chi connectivity index (χ1n) is 15.2. The monoisotopic (exact) mass is 606 g/mol. The number of carbonyl (C=O) groups is 1. The zero-order valence-corrected chi connectivity index (χ0v) is 25.0. The van der Waals surface area contributed by atoms with Gasteiger partial charge in [-0.1, -0.05) is 59.7 Å². The second-order valence-electron chi connectivity index (χ2n) is 11.6. The third kappa shape index (κ3) is 6.54. The van der Waals surface area contributed by atoms with Crippen molar-refractivity contribution in [2.24, 2.45) is 0 Å². The van der Waals surface area contributed by atoms with Crippen LogP contribution in [-0.4, -0.2) is 47.6 Å². The summed E-state index contributed by atoms with van der Waals surface area (Å²) in [5.41, 5.74) is 7.11. The van der Waals surface area contributed by atoms with Crippen LogP contribution in [0.5, 0.6) is 0 Å². The Morgan fingerprint density at radius 2 is 1.35 bits per heavy atom. The Morgan fingerprint density at radius 3 is 1.91 bits per heavy atom. The van der Waals surface area contributed by atoms with Gasteiger partial charge in [0.05, 0.1) is 42.5 Å². The van der Waals surface area contributed by atoms with Crippen molar-refractivity contribution in [1.29, 1.82) is 0 Å². The van der Waals surface area contributed by atoms with Crippen molar-refractivity contribution in [3.8, 4) is 0 Å². The van der Waals surface area contributed by atoms with Gasteiger partial charge in [0.2, 0.25) is 0 Å². The molecule has 11 nitrogen and oxygen atoms in total. The summed E-state index contributed by atoms with van der Waals surface area (Å²) in [4.78, 5) is 27.4. The first-order valence-corrected chi connectivity index (χ1v) is 15.2. The normalized spacial score (nSPS) is 13.8. The Kier molecular flexibility index (Phi) is 7.80. The van der Waals surface area contributed by atoms with Gasteiger partial charge in [0, 0.05) is 43.1 Å². The highest BCUT2D eigenvalue weighted by molar-refractivity contribution is 5.84. The molecule has 2 saturated carbocycles. The maximum Gasteiger partial charge on any atom is 0.187 e. The average molecular weight is 607 g/mol. The third-order valence-corrected chi connectivity index (χ3v) is 7.80. The molecule has 8 rings (SSSR count). The summed E-state index contributed by atoms with van der Waals surface area (Å²) in [6, 6.07) is 22.2. The smallest absolute Gasteiger partial charge is 0.187 e. The van der Waals surface area contributed by atoms with Crippen molar-refractivity contribution < 1.29 is 4.79 Å². The van der Waals surface area contributed by atoms with Crippen molar-refractivity contribution >= 4 is 40.6 Å². The van der Waals surface area contributed by atoms with Crippen LogP contribution in [0.1, 0.15) is 58.6 Å². The molecule has 0 aliphatic heterocycles. The van der Waals surface area contributed by atoms with Crippen molar-refractivity contribution in [3.05, 3.63) is 130 Å². The number of carbonyl (C=O) groups excluding carboxylic acids is 1. The van der Waals surface area contributed by atoms with E-state index in [0.717, 1.165) is 58.9 Å². The molecule has 2 N–H and O–H groups in total. The summed E-state index contributed by atoms with van der Waals surface area (Å²) in [6.07, 6.45) is 10.1. The molecule has 2 aromatic carbocycles. The fourth-order valence-corrected chi connectivity index (χ4v) is 5.23. The summed E-state index contributed by atoms with van der Waals surface area (Å²) in [5.74, 6) is 1.85. The average Bonchev–Trinajstić information content (AvgIpc) is 3.99.